The van der Waals surface area contributed by atoms with Crippen molar-refractivity contribution in [2.75, 3.05) is 0 Å². The quantitative estimate of drug-likeness (QED) is 0.405. The van der Waals surface area contributed by atoms with E-state index in [2.05, 4.69) is 14.8 Å². The molecule has 0 atom stereocenters. The van der Waals surface area contributed by atoms with Gasteiger partial charge < -0.3 is 4.74 Å². The van der Waals surface area contributed by atoms with Crippen LogP contribution in [-0.2, 0) is 0 Å². The van der Waals surface area contributed by atoms with Crippen LogP contribution in [0.1, 0.15) is 5.56 Å². The summed E-state index contributed by atoms with van der Waals surface area (Å²) < 4.78 is 30.7. The molecule has 0 aliphatic carbocycles. The number of nitrogens with zero attached hydrogens (tertiary/aromatic N) is 3. The zero-order valence-electron chi connectivity index (χ0n) is 14.6. The Bertz CT molecular complexity index is 1250. The minimum Gasteiger partial charge on any atom is -0.434 e. The van der Waals surface area contributed by atoms with Crippen molar-refractivity contribution >= 4 is 39.4 Å². The molecule has 0 spiro atoms. The van der Waals surface area contributed by atoms with E-state index in [1.54, 1.807) is 30.3 Å². The lowest BCUT2D eigenvalue weighted by atomic mass is 10.1. The molecule has 4 rings (SSSR count). The molecule has 2 aromatic heterocycles. The molecular weight excluding hydrogens is 420 g/mol. The minimum atomic E-state index is -2.96. The number of ether oxygens (including phenoxy) is 1. The average Bonchev–Trinajstić information content (AvgIpc) is 3.14. The van der Waals surface area contributed by atoms with E-state index in [1.165, 1.54) is 29.9 Å². The Kier molecular flexibility index (Phi) is 5.37. The van der Waals surface area contributed by atoms with Crippen LogP contribution >= 0.6 is 22.9 Å². The van der Waals surface area contributed by atoms with Crippen LogP contribution in [0.4, 0.5) is 8.78 Å². The first-order valence-electron chi connectivity index (χ1n) is 8.36. The fraction of sp³-hybridized carbons (Fsp3) is 0.0500. The van der Waals surface area contributed by atoms with Crippen molar-refractivity contribution in [3.8, 4) is 16.9 Å². The second-order valence-corrected chi connectivity index (χ2v) is 7.19. The fourth-order valence-electron chi connectivity index (χ4n) is 2.76. The Hall–Kier alpha value is -3.10. The minimum absolute atomic E-state index is 0.0364. The highest BCUT2D eigenvalue weighted by molar-refractivity contribution is 7.17. The zero-order chi connectivity index (χ0) is 20.4. The molecule has 146 valence electrons. The zero-order valence-corrected chi connectivity index (χ0v) is 16.2. The van der Waals surface area contributed by atoms with Crippen molar-refractivity contribution in [2.24, 2.45) is 5.10 Å². The number of fused-ring (bicyclic) bond motifs is 1. The van der Waals surface area contributed by atoms with Gasteiger partial charge in [0.15, 0.2) is 0 Å². The second kappa shape index (κ2) is 8.10. The Morgan fingerprint density at radius 2 is 1.93 bits per heavy atom. The molecule has 0 bridgehead atoms. The number of aromatic nitrogens is 2. The van der Waals surface area contributed by atoms with Crippen molar-refractivity contribution in [2.45, 2.75) is 6.61 Å². The van der Waals surface area contributed by atoms with Crippen LogP contribution in [-0.4, -0.2) is 22.5 Å². The first kappa shape index (κ1) is 19.2. The van der Waals surface area contributed by atoms with Crippen molar-refractivity contribution in [1.82, 2.24) is 9.66 Å². The number of hydrogen-bond donors (Lipinski definition) is 0. The van der Waals surface area contributed by atoms with Gasteiger partial charge in [-0.3, -0.25) is 4.79 Å². The SMILES string of the molecule is O=c1c2c(-c3ccc(Cl)cc3)csc2ncn1/N=C\c1ccccc1OC(F)F. The number of hydrogen-bond acceptors (Lipinski definition) is 5. The van der Waals surface area contributed by atoms with E-state index >= 15 is 0 Å². The molecule has 2 aromatic carbocycles. The van der Waals surface area contributed by atoms with Gasteiger partial charge in [-0.15, -0.1) is 11.3 Å². The van der Waals surface area contributed by atoms with Crippen molar-refractivity contribution < 1.29 is 13.5 Å². The highest BCUT2D eigenvalue weighted by Crippen LogP contribution is 2.31. The first-order valence-corrected chi connectivity index (χ1v) is 9.61. The summed E-state index contributed by atoms with van der Waals surface area (Å²) >= 11 is 7.29. The highest BCUT2D eigenvalue weighted by Gasteiger charge is 2.13. The largest absolute Gasteiger partial charge is 0.434 e. The number of halogens is 3. The molecule has 9 heteroatoms. The van der Waals surface area contributed by atoms with Gasteiger partial charge >= 0.3 is 6.61 Å². The van der Waals surface area contributed by atoms with Crippen LogP contribution in [0.5, 0.6) is 5.75 Å². The van der Waals surface area contributed by atoms with Crippen LogP contribution in [0.15, 0.2) is 70.1 Å². The molecule has 0 saturated carbocycles. The summed E-state index contributed by atoms with van der Waals surface area (Å²) in [5.41, 5.74) is 1.50. The molecule has 2 heterocycles. The van der Waals surface area contributed by atoms with Crippen LogP contribution in [0, 0.1) is 0 Å². The molecule has 0 aliphatic heterocycles. The summed E-state index contributed by atoms with van der Waals surface area (Å²) in [6.45, 7) is -2.96. The topological polar surface area (TPSA) is 56.5 Å². The lowest BCUT2D eigenvalue weighted by Gasteiger charge is -2.07. The van der Waals surface area contributed by atoms with Gasteiger partial charge in [0.25, 0.3) is 5.56 Å². The van der Waals surface area contributed by atoms with Crippen LogP contribution in [0.25, 0.3) is 21.3 Å². The summed E-state index contributed by atoms with van der Waals surface area (Å²) in [4.78, 5) is 17.8. The molecule has 0 saturated heterocycles. The van der Waals surface area contributed by atoms with Gasteiger partial charge in [0, 0.05) is 21.5 Å². The predicted molar refractivity (Wildman–Crippen MR) is 110 cm³/mol. The maximum Gasteiger partial charge on any atom is 0.387 e. The molecule has 0 fully saturated rings. The summed E-state index contributed by atoms with van der Waals surface area (Å²) in [5, 5.41) is 6.97. The van der Waals surface area contributed by atoms with Crippen LogP contribution < -0.4 is 10.3 Å². The van der Waals surface area contributed by atoms with Crippen LogP contribution in [0.2, 0.25) is 5.02 Å². The molecular formula is C20H12ClF2N3O2S. The molecule has 29 heavy (non-hydrogen) atoms. The monoisotopic (exact) mass is 431 g/mol. The molecule has 0 unspecified atom stereocenters. The first-order chi connectivity index (χ1) is 14.0. The highest BCUT2D eigenvalue weighted by atomic mass is 35.5. The fourth-order valence-corrected chi connectivity index (χ4v) is 3.80. The maximum absolute atomic E-state index is 13.0. The number of alkyl halides is 2. The Morgan fingerprint density at radius 3 is 2.69 bits per heavy atom. The van der Waals surface area contributed by atoms with Gasteiger partial charge in [0.2, 0.25) is 0 Å². The van der Waals surface area contributed by atoms with Crippen molar-refractivity contribution in [1.29, 1.82) is 0 Å². The predicted octanol–water partition coefficient (Wildman–Crippen LogP) is 5.26. The van der Waals surface area contributed by atoms with Gasteiger partial charge in [-0.25, -0.2) is 4.98 Å². The lowest BCUT2D eigenvalue weighted by Crippen LogP contribution is -2.17. The van der Waals surface area contributed by atoms with E-state index in [9.17, 15) is 13.6 Å². The average molecular weight is 432 g/mol. The third-order valence-electron chi connectivity index (χ3n) is 4.09. The number of rotatable bonds is 5. The molecule has 0 N–H and O–H groups in total. The van der Waals surface area contributed by atoms with Gasteiger partial charge in [0.05, 0.1) is 11.6 Å². The van der Waals surface area contributed by atoms with Gasteiger partial charge in [-0.05, 0) is 29.8 Å². The van der Waals surface area contributed by atoms with Crippen molar-refractivity contribution in [3.05, 3.63) is 81.2 Å². The third kappa shape index (κ3) is 4.03. The molecule has 5 nitrogen and oxygen atoms in total. The smallest absolute Gasteiger partial charge is 0.387 e. The standard InChI is InChI=1S/C20H12ClF2N3O2S/c21-14-7-5-12(6-8-14)15-10-29-18-17(15)19(27)26(11-24-18)25-9-13-3-1-2-4-16(13)28-20(22)23/h1-11,20H/b25-9-. The van der Waals surface area contributed by atoms with E-state index in [4.69, 9.17) is 11.6 Å². The normalized spacial score (nSPS) is 11.6. The van der Waals surface area contributed by atoms with Gasteiger partial charge in [-0.1, -0.05) is 35.9 Å². The van der Waals surface area contributed by atoms with E-state index in [1.807, 2.05) is 17.5 Å². The molecule has 0 aliphatic rings. The summed E-state index contributed by atoms with van der Waals surface area (Å²) in [5.74, 6) is -0.0364. The lowest BCUT2D eigenvalue weighted by molar-refractivity contribution is -0.0499. The number of para-hydroxylation sites is 1. The Labute approximate surface area is 172 Å². The van der Waals surface area contributed by atoms with Gasteiger partial charge in [-0.2, -0.15) is 18.6 Å². The van der Waals surface area contributed by atoms with E-state index in [0.717, 1.165) is 15.8 Å². The molecule has 0 radical (unpaired) electrons. The number of thiophene rings is 1. The Balaban J connectivity index is 1.76. The van der Waals surface area contributed by atoms with Crippen LogP contribution in [0.3, 0.4) is 0 Å². The number of benzene rings is 2. The maximum atomic E-state index is 13.0. The Morgan fingerprint density at radius 1 is 1.17 bits per heavy atom. The third-order valence-corrected chi connectivity index (χ3v) is 5.23. The van der Waals surface area contributed by atoms with E-state index < -0.39 is 6.61 Å². The summed E-state index contributed by atoms with van der Waals surface area (Å²) in [7, 11) is 0. The summed E-state index contributed by atoms with van der Waals surface area (Å²) in [6, 6.07) is 13.3. The van der Waals surface area contributed by atoms with E-state index in [0.29, 0.717) is 20.8 Å². The van der Waals surface area contributed by atoms with Crippen molar-refractivity contribution in [3.63, 3.8) is 0 Å². The molecule has 0 amide bonds. The molecule has 4 aromatic rings. The van der Waals surface area contributed by atoms with E-state index in [-0.39, 0.29) is 11.3 Å². The second-order valence-electron chi connectivity index (χ2n) is 5.89. The summed E-state index contributed by atoms with van der Waals surface area (Å²) in [6.07, 6.45) is 2.57. The van der Waals surface area contributed by atoms with Gasteiger partial charge in [0.1, 0.15) is 16.9 Å².